The molecule has 1 aromatic carbocycles. The molecule has 2 heterocycles. The van der Waals surface area contributed by atoms with Crippen LogP contribution in [-0.2, 0) is 6.42 Å². The normalized spacial score (nSPS) is 11.1. The van der Waals surface area contributed by atoms with Gasteiger partial charge in [-0.3, -0.25) is 4.79 Å². The predicted octanol–water partition coefficient (Wildman–Crippen LogP) is 3.73. The van der Waals surface area contributed by atoms with Gasteiger partial charge in [0.1, 0.15) is 4.88 Å². The first-order valence-corrected chi connectivity index (χ1v) is 6.90. The number of hydrogen-bond donors (Lipinski definition) is 0. The molecule has 0 atom stereocenters. The highest BCUT2D eigenvalue weighted by Gasteiger charge is 2.21. The third-order valence-corrected chi connectivity index (χ3v) is 3.88. The average Bonchev–Trinajstić information content (AvgIpc) is 3.04. The van der Waals surface area contributed by atoms with E-state index in [1.54, 1.807) is 12.1 Å². The summed E-state index contributed by atoms with van der Waals surface area (Å²) in [5.41, 5.74) is 1.23. The first kappa shape index (κ1) is 12.3. The molecule has 0 bridgehead atoms. The monoisotopic (exact) mass is 292 g/mol. The maximum absolute atomic E-state index is 12.4. The minimum atomic E-state index is -0.195. The van der Waals surface area contributed by atoms with Gasteiger partial charge >= 0.3 is 0 Å². The van der Waals surface area contributed by atoms with Gasteiger partial charge in [0.2, 0.25) is 5.78 Å². The van der Waals surface area contributed by atoms with Crippen molar-refractivity contribution < 1.29 is 9.21 Å². The second-order valence-electron chi connectivity index (χ2n) is 4.00. The Hall–Kier alpha value is -1.72. The van der Waals surface area contributed by atoms with Gasteiger partial charge < -0.3 is 4.42 Å². The van der Waals surface area contributed by atoms with Crippen molar-refractivity contribution in [3.63, 3.8) is 0 Å². The van der Waals surface area contributed by atoms with Gasteiger partial charge in [0.05, 0.1) is 10.7 Å². The van der Waals surface area contributed by atoms with Crippen molar-refractivity contribution in [1.29, 1.82) is 0 Å². The van der Waals surface area contributed by atoms with E-state index in [1.807, 2.05) is 19.1 Å². The maximum atomic E-state index is 12.4. The zero-order chi connectivity index (χ0) is 13.4. The molecule has 0 radical (unpaired) electrons. The first-order chi connectivity index (χ1) is 9.20. The molecule has 4 nitrogen and oxygen atoms in total. The first-order valence-electron chi connectivity index (χ1n) is 5.74. The number of nitrogens with zero attached hydrogens (tertiary/aromatic N) is 2. The van der Waals surface area contributed by atoms with Crippen LogP contribution in [0.3, 0.4) is 0 Å². The van der Waals surface area contributed by atoms with E-state index in [1.165, 1.54) is 0 Å². The topological polar surface area (TPSA) is 56.0 Å². The lowest BCUT2D eigenvalue weighted by molar-refractivity contribution is 0.101. The molecule has 0 aliphatic carbocycles. The van der Waals surface area contributed by atoms with Gasteiger partial charge in [-0.05, 0) is 30.1 Å². The molecule has 0 amide bonds. The van der Waals surface area contributed by atoms with Crippen LogP contribution in [0.2, 0.25) is 5.02 Å². The summed E-state index contributed by atoms with van der Waals surface area (Å²) >= 11 is 7.12. The number of fused-ring (bicyclic) bond motifs is 1. The Kier molecular flexibility index (Phi) is 3.08. The quantitative estimate of drug-likeness (QED) is 0.690. The van der Waals surface area contributed by atoms with Crippen LogP contribution < -0.4 is 0 Å². The molecule has 6 heteroatoms. The van der Waals surface area contributed by atoms with Crippen LogP contribution in [0.5, 0.6) is 0 Å². The van der Waals surface area contributed by atoms with Gasteiger partial charge in [0.25, 0.3) is 0 Å². The number of para-hydroxylation sites is 1. The molecule has 0 saturated carbocycles. The van der Waals surface area contributed by atoms with Crippen LogP contribution in [0.4, 0.5) is 0 Å². The number of benzene rings is 1. The van der Waals surface area contributed by atoms with Crippen molar-refractivity contribution in [2.24, 2.45) is 0 Å². The molecular formula is C13H9ClN2O2S. The van der Waals surface area contributed by atoms with Gasteiger partial charge in [-0.15, -0.1) is 5.10 Å². The van der Waals surface area contributed by atoms with Crippen LogP contribution in [0.25, 0.3) is 11.0 Å². The minimum absolute atomic E-state index is 0.195. The van der Waals surface area contributed by atoms with Crippen molar-refractivity contribution in [2.75, 3.05) is 0 Å². The van der Waals surface area contributed by atoms with Gasteiger partial charge in [0.15, 0.2) is 11.3 Å². The van der Waals surface area contributed by atoms with Gasteiger partial charge in [0, 0.05) is 5.39 Å². The number of aryl methyl sites for hydroxylation is 1. The molecule has 0 aliphatic rings. The molecule has 3 aromatic rings. The van der Waals surface area contributed by atoms with E-state index in [0.717, 1.165) is 16.9 Å². The van der Waals surface area contributed by atoms with Crippen molar-refractivity contribution in [3.8, 4) is 0 Å². The highest BCUT2D eigenvalue weighted by Crippen LogP contribution is 2.28. The standard InChI is InChI=1S/C13H9ClN2O2S/c1-2-9-13(19-16-15-9)11(17)10-6-7-4-3-5-8(14)12(7)18-10/h3-6H,2H2,1H3. The summed E-state index contributed by atoms with van der Waals surface area (Å²) in [6.07, 6.45) is 0.665. The summed E-state index contributed by atoms with van der Waals surface area (Å²) < 4.78 is 9.37. The summed E-state index contributed by atoms with van der Waals surface area (Å²) in [4.78, 5) is 12.9. The zero-order valence-corrected chi connectivity index (χ0v) is 11.6. The largest absolute Gasteiger partial charge is 0.451 e. The maximum Gasteiger partial charge on any atom is 0.241 e. The third kappa shape index (κ3) is 2.05. The molecule has 0 unspecified atom stereocenters. The highest BCUT2D eigenvalue weighted by atomic mass is 35.5. The van der Waals surface area contributed by atoms with Gasteiger partial charge in [-0.2, -0.15) is 0 Å². The van der Waals surface area contributed by atoms with Crippen LogP contribution in [-0.4, -0.2) is 15.4 Å². The summed E-state index contributed by atoms with van der Waals surface area (Å²) in [6, 6.07) is 7.10. The fraction of sp³-hybridized carbons (Fsp3) is 0.154. The highest BCUT2D eigenvalue weighted by molar-refractivity contribution is 7.08. The lowest BCUT2D eigenvalue weighted by Gasteiger charge is -1.94. The molecule has 0 fully saturated rings. The third-order valence-electron chi connectivity index (χ3n) is 2.82. The number of aromatic nitrogens is 2. The van der Waals surface area contributed by atoms with Crippen molar-refractivity contribution >= 4 is 39.9 Å². The van der Waals surface area contributed by atoms with Gasteiger partial charge in [-0.1, -0.05) is 35.1 Å². The van der Waals surface area contributed by atoms with Crippen LogP contribution in [0.1, 0.15) is 28.0 Å². The Morgan fingerprint density at radius 2 is 2.32 bits per heavy atom. The molecular weight excluding hydrogens is 284 g/mol. The number of hydrogen-bond acceptors (Lipinski definition) is 5. The van der Waals surface area contributed by atoms with Crippen LogP contribution in [0.15, 0.2) is 28.7 Å². The fourth-order valence-corrected chi connectivity index (χ4v) is 2.78. The molecule has 19 heavy (non-hydrogen) atoms. The molecule has 0 saturated heterocycles. The fourth-order valence-electron chi connectivity index (χ4n) is 1.86. The smallest absolute Gasteiger partial charge is 0.241 e. The van der Waals surface area contributed by atoms with Crippen molar-refractivity contribution in [3.05, 3.63) is 45.6 Å². The number of halogens is 1. The van der Waals surface area contributed by atoms with E-state index < -0.39 is 0 Å². The Labute approximate surface area is 118 Å². The zero-order valence-electron chi connectivity index (χ0n) is 10.0. The second kappa shape index (κ2) is 4.75. The Bertz CT molecular complexity index is 763. The van der Waals surface area contributed by atoms with Gasteiger partial charge in [-0.25, -0.2) is 0 Å². The number of carbonyl (C=O) groups excluding carboxylic acids is 1. The second-order valence-corrected chi connectivity index (χ2v) is 5.16. The Morgan fingerprint density at radius 3 is 3.05 bits per heavy atom. The van der Waals surface area contributed by atoms with E-state index in [-0.39, 0.29) is 11.5 Å². The summed E-state index contributed by atoms with van der Waals surface area (Å²) in [7, 11) is 0. The predicted molar refractivity (Wildman–Crippen MR) is 73.9 cm³/mol. The van der Waals surface area contributed by atoms with E-state index in [4.69, 9.17) is 16.0 Å². The summed E-state index contributed by atoms with van der Waals surface area (Å²) in [5.74, 6) is 0.0722. The van der Waals surface area contributed by atoms with Crippen molar-refractivity contribution in [1.82, 2.24) is 9.59 Å². The van der Waals surface area contributed by atoms with E-state index in [2.05, 4.69) is 9.59 Å². The molecule has 96 valence electrons. The number of rotatable bonds is 3. The van der Waals surface area contributed by atoms with Crippen LogP contribution >= 0.6 is 23.1 Å². The lowest BCUT2D eigenvalue weighted by atomic mass is 10.2. The summed E-state index contributed by atoms with van der Waals surface area (Å²) in [6.45, 7) is 1.93. The molecule has 0 aliphatic heterocycles. The Balaban J connectivity index is 2.09. The Morgan fingerprint density at radius 1 is 1.47 bits per heavy atom. The average molecular weight is 293 g/mol. The van der Waals surface area contributed by atoms with E-state index in [9.17, 15) is 4.79 Å². The SMILES string of the molecule is CCc1nnsc1C(=O)c1cc2cccc(Cl)c2o1. The molecule has 3 rings (SSSR count). The molecule has 2 aromatic heterocycles. The van der Waals surface area contributed by atoms with E-state index >= 15 is 0 Å². The lowest BCUT2D eigenvalue weighted by Crippen LogP contribution is -2.00. The van der Waals surface area contributed by atoms with E-state index in [0.29, 0.717) is 27.6 Å². The molecule has 0 N–H and O–H groups in total. The number of furan rings is 1. The molecule has 0 spiro atoms. The summed E-state index contributed by atoms with van der Waals surface area (Å²) in [5, 5.41) is 5.24. The number of ketones is 1. The van der Waals surface area contributed by atoms with Crippen LogP contribution in [0, 0.1) is 0 Å². The van der Waals surface area contributed by atoms with Crippen molar-refractivity contribution in [2.45, 2.75) is 13.3 Å². The minimum Gasteiger partial charge on any atom is -0.451 e. The number of carbonyl (C=O) groups is 1.